The molecule has 60 valence electrons. The molecule has 1 atom stereocenters. The third kappa shape index (κ3) is 4.42. The Bertz CT molecular complexity index is 173. The van der Waals surface area contributed by atoms with Crippen LogP contribution in [0.3, 0.4) is 0 Å². The number of hydrogen-bond donors (Lipinski definition) is 0. The molecule has 0 aromatic rings. The highest BCUT2D eigenvalue weighted by Crippen LogP contribution is 1.96. The van der Waals surface area contributed by atoms with Crippen molar-refractivity contribution in [3.05, 3.63) is 0 Å². The minimum atomic E-state index is 0.0725. The van der Waals surface area contributed by atoms with Gasteiger partial charge < -0.3 is 0 Å². The maximum Gasteiger partial charge on any atom is 0.0666 e. The van der Waals surface area contributed by atoms with Crippen LogP contribution in [0.25, 0.3) is 0 Å². The van der Waals surface area contributed by atoms with Crippen molar-refractivity contribution in [3.8, 4) is 18.4 Å². The minimum absolute atomic E-state index is 0.0725. The van der Waals surface area contributed by atoms with E-state index in [2.05, 4.69) is 16.9 Å². The monoisotopic (exact) mass is 150 g/mol. The van der Waals surface area contributed by atoms with Crippen molar-refractivity contribution in [2.75, 3.05) is 19.6 Å². The predicted octanol–water partition coefficient (Wildman–Crippen LogP) is 1.10. The molecule has 1 unspecified atom stereocenters. The summed E-state index contributed by atoms with van der Waals surface area (Å²) in [7, 11) is 0. The van der Waals surface area contributed by atoms with Crippen molar-refractivity contribution in [2.24, 2.45) is 5.92 Å². The Labute approximate surface area is 68.8 Å². The predicted molar refractivity (Wildman–Crippen MR) is 45.7 cm³/mol. The van der Waals surface area contributed by atoms with Gasteiger partial charge in [-0.25, -0.2) is 0 Å². The molecule has 0 heterocycles. The highest BCUT2D eigenvalue weighted by Gasteiger charge is 2.05. The molecule has 0 aromatic heterocycles. The van der Waals surface area contributed by atoms with E-state index in [0.29, 0.717) is 6.54 Å². The Morgan fingerprint density at radius 3 is 2.64 bits per heavy atom. The fourth-order valence-corrected chi connectivity index (χ4v) is 0.863. The maximum atomic E-state index is 8.52. The van der Waals surface area contributed by atoms with E-state index in [1.165, 1.54) is 0 Å². The molecule has 0 aliphatic heterocycles. The number of nitriles is 1. The first kappa shape index (κ1) is 10.0. The standard InChI is InChI=1S/C9H14N2/c1-4-6-11(5-2)8-9(3)7-10/h1,9H,5-6,8H2,2-3H3. The molecule has 0 radical (unpaired) electrons. The van der Waals surface area contributed by atoms with Crippen molar-refractivity contribution in [1.82, 2.24) is 4.90 Å². The second kappa shape index (κ2) is 5.77. The van der Waals surface area contributed by atoms with Gasteiger partial charge in [-0.2, -0.15) is 5.26 Å². The van der Waals surface area contributed by atoms with Crippen LogP contribution in [0.2, 0.25) is 0 Å². The van der Waals surface area contributed by atoms with Crippen molar-refractivity contribution < 1.29 is 0 Å². The van der Waals surface area contributed by atoms with Gasteiger partial charge >= 0.3 is 0 Å². The summed E-state index contributed by atoms with van der Waals surface area (Å²) < 4.78 is 0. The molecule has 0 aliphatic carbocycles. The fourth-order valence-electron chi connectivity index (χ4n) is 0.863. The van der Waals surface area contributed by atoms with Crippen LogP contribution in [0, 0.1) is 29.6 Å². The molecular weight excluding hydrogens is 136 g/mol. The number of nitrogens with zero attached hydrogens (tertiary/aromatic N) is 2. The van der Waals surface area contributed by atoms with Gasteiger partial charge in [-0.15, -0.1) is 6.42 Å². The third-order valence-corrected chi connectivity index (χ3v) is 1.51. The molecule has 0 saturated heterocycles. The topological polar surface area (TPSA) is 27.0 Å². The van der Waals surface area contributed by atoms with Gasteiger partial charge in [0.15, 0.2) is 0 Å². The summed E-state index contributed by atoms with van der Waals surface area (Å²) in [5.74, 6) is 2.64. The Morgan fingerprint density at radius 1 is 1.64 bits per heavy atom. The maximum absolute atomic E-state index is 8.52. The zero-order valence-corrected chi connectivity index (χ0v) is 7.17. The van der Waals surface area contributed by atoms with Crippen LogP contribution >= 0.6 is 0 Å². The molecule has 0 bridgehead atoms. The summed E-state index contributed by atoms with van der Waals surface area (Å²) in [5.41, 5.74) is 0. The average molecular weight is 150 g/mol. The van der Waals surface area contributed by atoms with Crippen LogP contribution in [0.5, 0.6) is 0 Å². The summed E-state index contributed by atoms with van der Waals surface area (Å²) in [6.07, 6.45) is 5.15. The van der Waals surface area contributed by atoms with Crippen molar-refractivity contribution >= 4 is 0 Å². The molecule has 0 N–H and O–H groups in total. The molecular formula is C9H14N2. The molecule has 0 aromatic carbocycles. The van der Waals surface area contributed by atoms with Crippen LogP contribution in [0.4, 0.5) is 0 Å². The lowest BCUT2D eigenvalue weighted by Crippen LogP contribution is -2.28. The van der Waals surface area contributed by atoms with E-state index in [-0.39, 0.29) is 5.92 Å². The second-order valence-corrected chi connectivity index (χ2v) is 2.56. The van der Waals surface area contributed by atoms with Crippen molar-refractivity contribution in [3.63, 3.8) is 0 Å². The molecule has 0 spiro atoms. The number of rotatable bonds is 4. The SMILES string of the molecule is C#CCN(CC)CC(C)C#N. The zero-order chi connectivity index (χ0) is 8.69. The Morgan fingerprint density at radius 2 is 2.27 bits per heavy atom. The first-order valence-electron chi connectivity index (χ1n) is 3.80. The van der Waals surface area contributed by atoms with E-state index in [9.17, 15) is 0 Å². The van der Waals surface area contributed by atoms with Gasteiger partial charge in [0.1, 0.15) is 0 Å². The van der Waals surface area contributed by atoms with E-state index in [1.807, 2.05) is 13.8 Å². The largest absolute Gasteiger partial charge is 0.291 e. The molecule has 2 heteroatoms. The molecule has 0 rings (SSSR count). The molecule has 2 nitrogen and oxygen atoms in total. The van der Waals surface area contributed by atoms with Gasteiger partial charge in [-0.1, -0.05) is 12.8 Å². The first-order chi connectivity index (χ1) is 5.24. The Hall–Kier alpha value is -0.990. The molecule has 0 saturated carbocycles. The summed E-state index contributed by atoms with van der Waals surface area (Å²) in [6, 6.07) is 2.18. The van der Waals surface area contributed by atoms with E-state index >= 15 is 0 Å². The van der Waals surface area contributed by atoms with Gasteiger partial charge in [0, 0.05) is 6.54 Å². The third-order valence-electron chi connectivity index (χ3n) is 1.51. The molecule has 0 aliphatic rings. The van der Waals surface area contributed by atoms with Gasteiger partial charge in [-0.3, -0.25) is 4.90 Å². The van der Waals surface area contributed by atoms with E-state index < -0.39 is 0 Å². The highest BCUT2D eigenvalue weighted by molar-refractivity contribution is 4.90. The number of terminal acetylenes is 1. The normalized spacial score (nSPS) is 12.1. The Kier molecular flexibility index (Phi) is 5.25. The summed E-state index contributed by atoms with van der Waals surface area (Å²) >= 11 is 0. The lowest BCUT2D eigenvalue weighted by molar-refractivity contribution is 0.300. The van der Waals surface area contributed by atoms with Crippen molar-refractivity contribution in [1.29, 1.82) is 5.26 Å². The molecule has 11 heavy (non-hydrogen) atoms. The van der Waals surface area contributed by atoms with Crippen LogP contribution in [0.1, 0.15) is 13.8 Å². The minimum Gasteiger partial charge on any atom is -0.291 e. The Balaban J connectivity index is 3.72. The van der Waals surface area contributed by atoms with Crippen LogP contribution < -0.4 is 0 Å². The quantitative estimate of drug-likeness (QED) is 0.561. The lowest BCUT2D eigenvalue weighted by Gasteiger charge is -2.17. The van der Waals surface area contributed by atoms with Crippen LogP contribution in [0.15, 0.2) is 0 Å². The van der Waals surface area contributed by atoms with Gasteiger partial charge in [-0.05, 0) is 13.5 Å². The average Bonchev–Trinajstić information content (AvgIpc) is 2.03. The molecule has 0 amide bonds. The van der Waals surface area contributed by atoms with Gasteiger partial charge in [0.05, 0.1) is 18.5 Å². The van der Waals surface area contributed by atoms with Gasteiger partial charge in [0.25, 0.3) is 0 Å². The van der Waals surface area contributed by atoms with E-state index in [1.54, 1.807) is 0 Å². The number of hydrogen-bond acceptors (Lipinski definition) is 2. The van der Waals surface area contributed by atoms with Crippen molar-refractivity contribution in [2.45, 2.75) is 13.8 Å². The van der Waals surface area contributed by atoms with E-state index in [4.69, 9.17) is 11.7 Å². The van der Waals surface area contributed by atoms with Gasteiger partial charge in [0.2, 0.25) is 0 Å². The van der Waals surface area contributed by atoms with Crippen LogP contribution in [-0.4, -0.2) is 24.5 Å². The summed E-state index contributed by atoms with van der Waals surface area (Å²) in [5, 5.41) is 8.52. The van der Waals surface area contributed by atoms with Crippen LogP contribution in [-0.2, 0) is 0 Å². The highest BCUT2D eigenvalue weighted by atomic mass is 15.1. The second-order valence-electron chi connectivity index (χ2n) is 2.56. The zero-order valence-electron chi connectivity index (χ0n) is 7.17. The summed E-state index contributed by atoms with van der Waals surface area (Å²) in [6.45, 7) is 6.27. The summed E-state index contributed by atoms with van der Waals surface area (Å²) in [4.78, 5) is 2.08. The smallest absolute Gasteiger partial charge is 0.0666 e. The lowest BCUT2D eigenvalue weighted by atomic mass is 10.2. The fraction of sp³-hybridized carbons (Fsp3) is 0.667. The van der Waals surface area contributed by atoms with E-state index in [0.717, 1.165) is 13.1 Å². The molecule has 0 fully saturated rings. The first-order valence-corrected chi connectivity index (χ1v) is 3.80.